The van der Waals surface area contributed by atoms with Crippen LogP contribution in [0.4, 0.5) is 5.69 Å². The highest BCUT2D eigenvalue weighted by molar-refractivity contribution is 7.92. The summed E-state index contributed by atoms with van der Waals surface area (Å²) >= 11 is 0. The molecule has 8 nitrogen and oxygen atoms in total. The number of rotatable bonds is 7. The molecule has 1 saturated heterocycles. The minimum absolute atomic E-state index is 0.00836. The first-order chi connectivity index (χ1) is 18.7. The van der Waals surface area contributed by atoms with Crippen molar-refractivity contribution in [2.24, 2.45) is 11.7 Å². The quantitative estimate of drug-likeness (QED) is 0.282. The summed E-state index contributed by atoms with van der Waals surface area (Å²) in [6.07, 6.45) is 3.42. The Balaban J connectivity index is 1.39. The van der Waals surface area contributed by atoms with Crippen LogP contribution >= 0.6 is 0 Å². The Labute approximate surface area is 230 Å². The number of fused-ring (bicyclic) bond motifs is 2. The number of aryl methyl sites for hydroxylation is 1. The number of piperidine rings is 1. The first kappa shape index (κ1) is 27.0. The van der Waals surface area contributed by atoms with Crippen molar-refractivity contribution in [2.75, 3.05) is 29.8 Å². The summed E-state index contributed by atoms with van der Waals surface area (Å²) in [7, 11) is -3.54. The van der Waals surface area contributed by atoms with Gasteiger partial charge in [0.1, 0.15) is 11.6 Å². The van der Waals surface area contributed by atoms with Crippen LogP contribution in [-0.2, 0) is 16.4 Å². The Bertz CT molecular complexity index is 1510. The molecule has 206 valence electrons. The average molecular weight is 548 g/mol. The number of sulfonamides is 1. The lowest BCUT2D eigenvalue weighted by Gasteiger charge is -2.38. The van der Waals surface area contributed by atoms with Gasteiger partial charge < -0.3 is 15.4 Å². The molecule has 1 fully saturated rings. The van der Waals surface area contributed by atoms with E-state index in [1.54, 1.807) is 11.2 Å². The van der Waals surface area contributed by atoms with Gasteiger partial charge in [-0.2, -0.15) is 0 Å². The Morgan fingerprint density at radius 1 is 1.00 bits per heavy atom. The van der Waals surface area contributed by atoms with Crippen molar-refractivity contribution in [1.29, 1.82) is 10.8 Å². The van der Waals surface area contributed by atoms with E-state index in [0.717, 1.165) is 60.0 Å². The summed E-state index contributed by atoms with van der Waals surface area (Å²) < 4.78 is 34.6. The molecule has 0 saturated carbocycles. The lowest BCUT2D eigenvalue weighted by atomic mass is 9.91. The largest absolute Gasteiger partial charge is 0.493 e. The van der Waals surface area contributed by atoms with Gasteiger partial charge in [-0.3, -0.25) is 15.1 Å². The van der Waals surface area contributed by atoms with E-state index in [9.17, 15) is 8.42 Å². The van der Waals surface area contributed by atoms with Gasteiger partial charge >= 0.3 is 0 Å². The number of nitrogens with two attached hydrogens (primary N) is 1. The Morgan fingerprint density at radius 3 is 2.44 bits per heavy atom. The molecule has 1 unspecified atom stereocenters. The standard InChI is InChI=1S/C30H37N5O3S/c1-3-39(36,37)35-28(23-6-4-22-5-7-25(30(32)33)17-26(22)16-23)10-8-24-18-27(9-11-29(24)35)38-19-21-12-14-34(15-13-21)20(2)31/h4-7,9,11,16-18,21,28,31H,3,8,10,12-15,19H2,1-2H3,(H3,32,33). The fourth-order valence-electron chi connectivity index (χ4n) is 5.72. The molecular weight excluding hydrogens is 510 g/mol. The van der Waals surface area contributed by atoms with E-state index < -0.39 is 10.0 Å². The normalized spacial score (nSPS) is 18.2. The molecule has 1 atom stereocenters. The third-order valence-corrected chi connectivity index (χ3v) is 9.84. The van der Waals surface area contributed by atoms with Crippen molar-refractivity contribution in [3.05, 3.63) is 71.3 Å². The molecule has 0 spiro atoms. The summed E-state index contributed by atoms with van der Waals surface area (Å²) in [6.45, 7) is 5.93. The maximum atomic E-state index is 13.4. The van der Waals surface area contributed by atoms with E-state index in [1.807, 2.05) is 61.5 Å². The highest BCUT2D eigenvalue weighted by atomic mass is 32.2. The molecule has 0 aromatic heterocycles. The van der Waals surface area contributed by atoms with E-state index in [1.165, 1.54) is 0 Å². The van der Waals surface area contributed by atoms with Crippen molar-refractivity contribution in [3.8, 4) is 5.75 Å². The second kappa shape index (κ2) is 10.9. The molecule has 0 aliphatic carbocycles. The highest BCUT2D eigenvalue weighted by Gasteiger charge is 2.35. The zero-order valence-electron chi connectivity index (χ0n) is 22.6. The number of nitrogens with one attached hydrogen (secondary N) is 2. The number of likely N-dealkylation sites (tertiary alicyclic amines) is 1. The number of hydrogen-bond acceptors (Lipinski definition) is 5. The van der Waals surface area contributed by atoms with Crippen LogP contribution < -0.4 is 14.8 Å². The van der Waals surface area contributed by atoms with Gasteiger partial charge in [0, 0.05) is 18.7 Å². The van der Waals surface area contributed by atoms with E-state index in [4.69, 9.17) is 21.3 Å². The molecule has 0 radical (unpaired) electrons. The number of amidine groups is 2. The monoisotopic (exact) mass is 547 g/mol. The molecule has 39 heavy (non-hydrogen) atoms. The van der Waals surface area contributed by atoms with E-state index in [-0.39, 0.29) is 17.6 Å². The third kappa shape index (κ3) is 5.59. The number of anilines is 1. The molecule has 2 heterocycles. The van der Waals surface area contributed by atoms with Crippen LogP contribution in [0.1, 0.15) is 55.8 Å². The summed E-state index contributed by atoms with van der Waals surface area (Å²) in [5.74, 6) is 1.87. The van der Waals surface area contributed by atoms with Gasteiger partial charge in [0.15, 0.2) is 0 Å². The van der Waals surface area contributed by atoms with E-state index >= 15 is 0 Å². The van der Waals surface area contributed by atoms with Crippen molar-refractivity contribution >= 4 is 38.2 Å². The Hall–Kier alpha value is -3.59. The fourth-order valence-corrected chi connectivity index (χ4v) is 7.09. The number of nitrogen functional groups attached to an aromatic ring is 1. The van der Waals surface area contributed by atoms with Gasteiger partial charge in [-0.25, -0.2) is 8.42 Å². The topological polar surface area (TPSA) is 124 Å². The maximum Gasteiger partial charge on any atom is 0.235 e. The van der Waals surface area contributed by atoms with Gasteiger partial charge in [-0.05, 0) is 97.7 Å². The second-order valence-electron chi connectivity index (χ2n) is 10.6. The van der Waals surface area contributed by atoms with Gasteiger partial charge in [-0.1, -0.05) is 24.3 Å². The molecule has 9 heteroatoms. The van der Waals surface area contributed by atoms with Crippen LogP contribution in [0.5, 0.6) is 5.75 Å². The first-order valence-electron chi connectivity index (χ1n) is 13.6. The Kier molecular flexibility index (Phi) is 7.53. The zero-order valence-corrected chi connectivity index (χ0v) is 23.4. The summed E-state index contributed by atoms with van der Waals surface area (Å²) in [5, 5.41) is 17.6. The van der Waals surface area contributed by atoms with Crippen LogP contribution in [0.3, 0.4) is 0 Å². The number of ether oxygens (including phenoxy) is 1. The van der Waals surface area contributed by atoms with Gasteiger partial charge in [0.2, 0.25) is 10.0 Å². The zero-order chi connectivity index (χ0) is 27.7. The molecule has 2 aliphatic rings. The van der Waals surface area contributed by atoms with Crippen LogP contribution in [0.2, 0.25) is 0 Å². The molecular formula is C30H37N5O3S. The molecule has 0 amide bonds. The van der Waals surface area contributed by atoms with Gasteiger partial charge in [0.25, 0.3) is 0 Å². The van der Waals surface area contributed by atoms with Gasteiger partial charge in [-0.15, -0.1) is 0 Å². The summed E-state index contributed by atoms with van der Waals surface area (Å²) in [6, 6.07) is 17.1. The van der Waals surface area contributed by atoms with Crippen molar-refractivity contribution in [3.63, 3.8) is 0 Å². The van der Waals surface area contributed by atoms with E-state index in [0.29, 0.717) is 36.0 Å². The fraction of sp³-hybridized carbons (Fsp3) is 0.400. The smallest absolute Gasteiger partial charge is 0.235 e. The summed E-state index contributed by atoms with van der Waals surface area (Å²) in [4.78, 5) is 2.10. The summed E-state index contributed by atoms with van der Waals surface area (Å²) in [5.41, 5.74) is 8.98. The SMILES string of the molecule is CCS(=O)(=O)N1c2ccc(OCC3CCN(C(C)=N)CC3)cc2CCC1c1ccc2ccc(C(=N)N)cc2c1. The lowest BCUT2D eigenvalue weighted by molar-refractivity contribution is 0.180. The third-order valence-electron chi connectivity index (χ3n) is 8.06. The molecule has 3 aromatic carbocycles. The molecule has 4 N–H and O–H groups in total. The lowest BCUT2D eigenvalue weighted by Crippen LogP contribution is -2.39. The average Bonchev–Trinajstić information content (AvgIpc) is 2.94. The second-order valence-corrected chi connectivity index (χ2v) is 12.7. The van der Waals surface area contributed by atoms with Crippen molar-refractivity contribution in [1.82, 2.24) is 4.90 Å². The van der Waals surface area contributed by atoms with Crippen LogP contribution in [0.25, 0.3) is 10.8 Å². The van der Waals surface area contributed by atoms with Crippen LogP contribution in [-0.4, -0.2) is 50.4 Å². The predicted octanol–water partition coefficient (Wildman–Crippen LogP) is 5.06. The van der Waals surface area contributed by atoms with Crippen molar-refractivity contribution < 1.29 is 13.2 Å². The minimum atomic E-state index is -3.54. The van der Waals surface area contributed by atoms with Gasteiger partial charge in [0.05, 0.1) is 29.9 Å². The van der Waals surface area contributed by atoms with E-state index in [2.05, 4.69) is 4.90 Å². The first-order valence-corrected chi connectivity index (χ1v) is 15.2. The predicted molar refractivity (Wildman–Crippen MR) is 158 cm³/mol. The number of benzene rings is 3. The maximum absolute atomic E-state index is 13.4. The minimum Gasteiger partial charge on any atom is -0.493 e. The molecule has 3 aromatic rings. The number of hydrogen-bond donors (Lipinski definition) is 3. The molecule has 5 rings (SSSR count). The van der Waals surface area contributed by atoms with Crippen molar-refractivity contribution in [2.45, 2.75) is 45.6 Å². The van der Waals surface area contributed by atoms with Crippen LogP contribution in [0, 0.1) is 16.7 Å². The Morgan fingerprint density at radius 2 is 1.74 bits per heavy atom. The molecule has 0 bridgehead atoms. The highest BCUT2D eigenvalue weighted by Crippen LogP contribution is 2.42. The molecule has 2 aliphatic heterocycles. The number of nitrogens with zero attached hydrogens (tertiary/aromatic N) is 2. The van der Waals surface area contributed by atoms with Crippen LogP contribution in [0.15, 0.2) is 54.6 Å².